The first-order chi connectivity index (χ1) is 9.99. The van der Waals surface area contributed by atoms with Gasteiger partial charge in [-0.25, -0.2) is 8.78 Å². The summed E-state index contributed by atoms with van der Waals surface area (Å²) in [7, 11) is 0. The first kappa shape index (κ1) is 14.6. The molecule has 0 radical (unpaired) electrons. The quantitative estimate of drug-likeness (QED) is 0.859. The number of carbonyl (C=O) groups is 2. The van der Waals surface area contributed by atoms with Gasteiger partial charge in [-0.05, 0) is 36.4 Å². The molecule has 0 aliphatic heterocycles. The SMILES string of the molecule is NC(=O)c1ccc(OCC(=O)c2c(F)cccc2F)cc1. The molecule has 1 amide bonds. The van der Waals surface area contributed by atoms with Crippen LogP contribution in [-0.2, 0) is 0 Å². The molecule has 6 heteroatoms. The fourth-order valence-corrected chi connectivity index (χ4v) is 1.70. The van der Waals surface area contributed by atoms with Crippen molar-refractivity contribution in [2.24, 2.45) is 5.73 Å². The Kier molecular flexibility index (Phi) is 4.27. The van der Waals surface area contributed by atoms with Gasteiger partial charge in [-0.3, -0.25) is 9.59 Å². The minimum atomic E-state index is -0.937. The molecule has 0 unspecified atom stereocenters. The number of halogens is 2. The normalized spacial score (nSPS) is 10.2. The summed E-state index contributed by atoms with van der Waals surface area (Å²) in [5.41, 5.74) is 4.73. The van der Waals surface area contributed by atoms with Crippen molar-refractivity contribution in [2.45, 2.75) is 0 Å². The number of carbonyl (C=O) groups excluding carboxylic acids is 2. The Morgan fingerprint density at radius 1 is 1.00 bits per heavy atom. The first-order valence-electron chi connectivity index (χ1n) is 5.99. The third-order valence-corrected chi connectivity index (χ3v) is 2.75. The third kappa shape index (κ3) is 3.42. The molecule has 21 heavy (non-hydrogen) atoms. The number of hydrogen-bond acceptors (Lipinski definition) is 3. The summed E-state index contributed by atoms with van der Waals surface area (Å²) in [5.74, 6) is -3.00. The molecule has 0 aliphatic rings. The van der Waals surface area contributed by atoms with Crippen LogP contribution >= 0.6 is 0 Å². The number of nitrogens with two attached hydrogens (primary N) is 1. The average molecular weight is 291 g/mol. The van der Waals surface area contributed by atoms with Crippen LogP contribution in [0.1, 0.15) is 20.7 Å². The second kappa shape index (κ2) is 6.13. The highest BCUT2D eigenvalue weighted by Crippen LogP contribution is 2.15. The molecule has 0 bridgehead atoms. The molecule has 2 rings (SSSR count). The summed E-state index contributed by atoms with van der Waals surface area (Å²) < 4.78 is 31.9. The van der Waals surface area contributed by atoms with Crippen molar-refractivity contribution in [1.82, 2.24) is 0 Å². The smallest absolute Gasteiger partial charge is 0.248 e. The van der Waals surface area contributed by atoms with Crippen molar-refractivity contribution >= 4 is 11.7 Å². The maximum absolute atomic E-state index is 13.4. The maximum Gasteiger partial charge on any atom is 0.248 e. The number of benzene rings is 2. The zero-order chi connectivity index (χ0) is 15.4. The molecule has 0 heterocycles. The van der Waals surface area contributed by atoms with E-state index in [4.69, 9.17) is 10.5 Å². The molecule has 2 aromatic carbocycles. The van der Waals surface area contributed by atoms with Crippen molar-refractivity contribution < 1.29 is 23.1 Å². The molecule has 0 aromatic heterocycles. The molecule has 0 fully saturated rings. The van der Waals surface area contributed by atoms with E-state index in [0.29, 0.717) is 0 Å². The van der Waals surface area contributed by atoms with Gasteiger partial charge in [0.1, 0.15) is 17.4 Å². The molecule has 0 atom stereocenters. The lowest BCUT2D eigenvalue weighted by Gasteiger charge is -2.07. The number of rotatable bonds is 5. The first-order valence-corrected chi connectivity index (χ1v) is 5.99. The van der Waals surface area contributed by atoms with Gasteiger partial charge < -0.3 is 10.5 Å². The Balaban J connectivity index is 2.06. The lowest BCUT2D eigenvalue weighted by Crippen LogP contribution is -2.15. The minimum absolute atomic E-state index is 0.282. The monoisotopic (exact) mass is 291 g/mol. The van der Waals surface area contributed by atoms with Gasteiger partial charge in [0.2, 0.25) is 11.7 Å². The summed E-state index contributed by atoms with van der Waals surface area (Å²) in [6, 6.07) is 8.88. The minimum Gasteiger partial charge on any atom is -0.485 e. The van der Waals surface area contributed by atoms with Gasteiger partial charge in [-0.2, -0.15) is 0 Å². The summed E-state index contributed by atoms with van der Waals surface area (Å²) in [4.78, 5) is 22.6. The standard InChI is InChI=1S/C15H11F2NO3/c16-11-2-1-3-12(17)14(11)13(19)8-21-10-6-4-9(5-7-10)15(18)20/h1-7H,8H2,(H2,18,20). The van der Waals surface area contributed by atoms with Gasteiger partial charge in [0.05, 0.1) is 5.56 Å². The molecule has 4 nitrogen and oxygen atoms in total. The lowest BCUT2D eigenvalue weighted by atomic mass is 10.1. The van der Waals surface area contributed by atoms with E-state index < -0.39 is 35.5 Å². The van der Waals surface area contributed by atoms with E-state index in [1.165, 1.54) is 30.3 Å². The Hall–Kier alpha value is -2.76. The zero-order valence-corrected chi connectivity index (χ0v) is 10.8. The molecule has 0 aliphatic carbocycles. The Labute approximate surface area is 119 Å². The van der Waals surface area contributed by atoms with Crippen LogP contribution in [0.3, 0.4) is 0 Å². The van der Waals surface area contributed by atoms with E-state index in [1.54, 1.807) is 0 Å². The van der Waals surface area contributed by atoms with E-state index >= 15 is 0 Å². The zero-order valence-electron chi connectivity index (χ0n) is 10.8. The average Bonchev–Trinajstić information content (AvgIpc) is 2.45. The van der Waals surface area contributed by atoms with E-state index in [-0.39, 0.29) is 11.3 Å². The van der Waals surface area contributed by atoms with E-state index in [2.05, 4.69) is 0 Å². The van der Waals surface area contributed by atoms with Crippen LogP contribution in [-0.4, -0.2) is 18.3 Å². The largest absolute Gasteiger partial charge is 0.485 e. The highest BCUT2D eigenvalue weighted by atomic mass is 19.1. The fourth-order valence-electron chi connectivity index (χ4n) is 1.70. The Bertz CT molecular complexity index is 664. The molecule has 0 saturated heterocycles. The molecule has 2 N–H and O–H groups in total. The molecule has 0 spiro atoms. The van der Waals surface area contributed by atoms with Crippen molar-refractivity contribution in [3.8, 4) is 5.75 Å². The van der Waals surface area contributed by atoms with Crippen molar-refractivity contribution in [3.05, 3.63) is 65.2 Å². The second-order valence-corrected chi connectivity index (χ2v) is 4.20. The van der Waals surface area contributed by atoms with Gasteiger partial charge in [-0.15, -0.1) is 0 Å². The predicted molar refractivity (Wildman–Crippen MR) is 71.1 cm³/mol. The number of amides is 1. The van der Waals surface area contributed by atoms with Crippen LogP contribution in [0, 0.1) is 11.6 Å². The van der Waals surface area contributed by atoms with Crippen LogP contribution in [0.4, 0.5) is 8.78 Å². The van der Waals surface area contributed by atoms with Gasteiger partial charge in [0, 0.05) is 5.56 Å². The molecule has 108 valence electrons. The third-order valence-electron chi connectivity index (χ3n) is 2.75. The lowest BCUT2D eigenvalue weighted by molar-refractivity contribution is 0.0911. The number of ether oxygens (including phenoxy) is 1. The number of ketones is 1. The topological polar surface area (TPSA) is 69.4 Å². The fraction of sp³-hybridized carbons (Fsp3) is 0.0667. The molecular formula is C15H11F2NO3. The van der Waals surface area contributed by atoms with Crippen LogP contribution in [0.25, 0.3) is 0 Å². The highest BCUT2D eigenvalue weighted by molar-refractivity contribution is 5.97. The Morgan fingerprint density at radius 3 is 2.10 bits per heavy atom. The predicted octanol–water partition coefficient (Wildman–Crippen LogP) is 2.33. The highest BCUT2D eigenvalue weighted by Gasteiger charge is 2.17. The number of hydrogen-bond donors (Lipinski definition) is 1. The van der Waals surface area contributed by atoms with Crippen LogP contribution < -0.4 is 10.5 Å². The van der Waals surface area contributed by atoms with E-state index in [0.717, 1.165) is 12.1 Å². The molecule has 2 aromatic rings. The second-order valence-electron chi connectivity index (χ2n) is 4.20. The maximum atomic E-state index is 13.4. The van der Waals surface area contributed by atoms with Crippen LogP contribution in [0.2, 0.25) is 0 Å². The van der Waals surface area contributed by atoms with Gasteiger partial charge in [0.25, 0.3) is 0 Å². The number of primary amides is 1. The van der Waals surface area contributed by atoms with Gasteiger partial charge >= 0.3 is 0 Å². The molecular weight excluding hydrogens is 280 g/mol. The summed E-state index contributed by atoms with van der Waals surface area (Å²) >= 11 is 0. The van der Waals surface area contributed by atoms with Crippen LogP contribution in [0.5, 0.6) is 5.75 Å². The summed E-state index contributed by atoms with van der Waals surface area (Å²) in [6.45, 7) is -0.520. The number of Topliss-reactive ketones (excluding diaryl/α,β-unsaturated/α-hetero) is 1. The van der Waals surface area contributed by atoms with Crippen molar-refractivity contribution in [1.29, 1.82) is 0 Å². The van der Waals surface area contributed by atoms with E-state index in [9.17, 15) is 18.4 Å². The van der Waals surface area contributed by atoms with Crippen molar-refractivity contribution in [3.63, 3.8) is 0 Å². The van der Waals surface area contributed by atoms with E-state index in [1.807, 2.05) is 0 Å². The van der Waals surface area contributed by atoms with Gasteiger partial charge in [0.15, 0.2) is 6.61 Å². The van der Waals surface area contributed by atoms with Gasteiger partial charge in [-0.1, -0.05) is 6.07 Å². The Morgan fingerprint density at radius 2 is 1.57 bits per heavy atom. The summed E-state index contributed by atoms with van der Waals surface area (Å²) in [6.07, 6.45) is 0. The summed E-state index contributed by atoms with van der Waals surface area (Å²) in [5, 5.41) is 0. The van der Waals surface area contributed by atoms with Crippen molar-refractivity contribution in [2.75, 3.05) is 6.61 Å². The van der Waals surface area contributed by atoms with Crippen LogP contribution in [0.15, 0.2) is 42.5 Å². The molecule has 0 saturated carbocycles.